The van der Waals surface area contributed by atoms with E-state index in [1.54, 1.807) is 7.11 Å². The van der Waals surface area contributed by atoms with Gasteiger partial charge in [-0.15, -0.1) is 0 Å². The Kier molecular flexibility index (Phi) is 7.67. The van der Waals surface area contributed by atoms with Crippen LogP contribution in [-0.2, 0) is 17.8 Å². The summed E-state index contributed by atoms with van der Waals surface area (Å²) >= 11 is 0. The van der Waals surface area contributed by atoms with Crippen LogP contribution in [0.1, 0.15) is 43.5 Å². The van der Waals surface area contributed by atoms with Crippen molar-refractivity contribution in [1.82, 2.24) is 10.6 Å². The van der Waals surface area contributed by atoms with Crippen molar-refractivity contribution in [3.63, 3.8) is 0 Å². The van der Waals surface area contributed by atoms with Crippen LogP contribution < -0.4 is 15.4 Å². The average Bonchev–Trinajstić information content (AvgIpc) is 2.67. The van der Waals surface area contributed by atoms with Gasteiger partial charge in [-0.25, -0.2) is 0 Å². The van der Waals surface area contributed by atoms with E-state index < -0.39 is 0 Å². The first kappa shape index (κ1) is 20.0. The summed E-state index contributed by atoms with van der Waals surface area (Å²) in [5.74, 6) is 1.16. The van der Waals surface area contributed by atoms with Gasteiger partial charge in [0.1, 0.15) is 5.75 Å². The lowest BCUT2D eigenvalue weighted by Crippen LogP contribution is -2.37. The first-order chi connectivity index (χ1) is 12.5. The summed E-state index contributed by atoms with van der Waals surface area (Å²) < 4.78 is 5.32. The Morgan fingerprint density at radius 2 is 1.77 bits per heavy atom. The molecule has 2 aromatic rings. The largest absolute Gasteiger partial charge is 0.496 e. The van der Waals surface area contributed by atoms with Crippen molar-refractivity contribution < 1.29 is 9.53 Å². The van der Waals surface area contributed by atoms with Crippen molar-refractivity contribution in [3.8, 4) is 5.75 Å². The number of para-hydroxylation sites is 1. The van der Waals surface area contributed by atoms with Crippen molar-refractivity contribution in [2.24, 2.45) is 5.92 Å². The predicted octanol–water partition coefficient (Wildman–Crippen LogP) is 3.86. The third-order valence-electron chi connectivity index (χ3n) is 4.56. The fourth-order valence-electron chi connectivity index (χ4n) is 3.01. The molecule has 1 atom stereocenters. The number of hydrogen-bond acceptors (Lipinski definition) is 3. The molecule has 0 radical (unpaired) electrons. The molecule has 1 amide bonds. The molecule has 0 heterocycles. The molecule has 0 aliphatic rings. The predicted molar refractivity (Wildman–Crippen MR) is 106 cm³/mol. The van der Waals surface area contributed by atoms with E-state index in [1.807, 2.05) is 24.3 Å². The Labute approximate surface area is 157 Å². The SMILES string of the molecule is CCc1ccc([C@@H](NCC(=O)NCc2ccccc2OC)C(C)C)cc1. The van der Waals surface area contributed by atoms with Crippen LogP contribution in [0.3, 0.4) is 0 Å². The van der Waals surface area contributed by atoms with Crippen molar-refractivity contribution in [3.05, 3.63) is 65.2 Å². The van der Waals surface area contributed by atoms with Crippen LogP contribution in [0, 0.1) is 5.92 Å². The highest BCUT2D eigenvalue weighted by Crippen LogP contribution is 2.22. The molecule has 0 aromatic heterocycles. The van der Waals surface area contributed by atoms with Crippen LogP contribution in [-0.4, -0.2) is 19.6 Å². The molecule has 0 fully saturated rings. The Bertz CT molecular complexity index is 696. The number of methoxy groups -OCH3 is 1. The maximum atomic E-state index is 12.3. The standard InChI is InChI=1S/C22H30N2O2/c1-5-17-10-12-18(13-11-17)22(16(2)3)24-15-21(25)23-14-19-8-6-7-9-20(19)26-4/h6-13,16,22,24H,5,14-15H2,1-4H3,(H,23,25)/t22-/m0/s1. The van der Waals surface area contributed by atoms with Crippen LogP contribution in [0.2, 0.25) is 0 Å². The van der Waals surface area contributed by atoms with Gasteiger partial charge >= 0.3 is 0 Å². The molecule has 0 saturated heterocycles. The second kappa shape index (κ2) is 9.97. The summed E-state index contributed by atoms with van der Waals surface area (Å²) in [6.45, 7) is 7.23. The number of benzene rings is 2. The summed E-state index contributed by atoms with van der Waals surface area (Å²) in [7, 11) is 1.64. The normalized spacial score (nSPS) is 12.0. The number of rotatable bonds is 9. The van der Waals surface area contributed by atoms with Gasteiger partial charge in [0.25, 0.3) is 0 Å². The second-order valence-electron chi connectivity index (χ2n) is 6.79. The number of ether oxygens (including phenoxy) is 1. The van der Waals surface area contributed by atoms with Crippen LogP contribution in [0.15, 0.2) is 48.5 Å². The van der Waals surface area contributed by atoms with E-state index in [-0.39, 0.29) is 18.5 Å². The maximum absolute atomic E-state index is 12.3. The maximum Gasteiger partial charge on any atom is 0.234 e. The lowest BCUT2D eigenvalue weighted by atomic mass is 9.95. The zero-order valence-corrected chi connectivity index (χ0v) is 16.2. The van der Waals surface area contributed by atoms with Gasteiger partial charge in [0.05, 0.1) is 13.7 Å². The Morgan fingerprint density at radius 3 is 2.38 bits per heavy atom. The lowest BCUT2D eigenvalue weighted by molar-refractivity contribution is -0.120. The highest BCUT2D eigenvalue weighted by Gasteiger charge is 2.16. The molecule has 2 aromatic carbocycles. The van der Waals surface area contributed by atoms with E-state index >= 15 is 0 Å². The van der Waals surface area contributed by atoms with E-state index in [9.17, 15) is 4.79 Å². The highest BCUT2D eigenvalue weighted by molar-refractivity contribution is 5.78. The fourth-order valence-corrected chi connectivity index (χ4v) is 3.01. The van der Waals surface area contributed by atoms with Crippen molar-refractivity contribution in [2.75, 3.05) is 13.7 Å². The summed E-state index contributed by atoms with van der Waals surface area (Å²) in [5, 5.41) is 6.35. The van der Waals surface area contributed by atoms with Gasteiger partial charge in [0.15, 0.2) is 0 Å². The summed E-state index contributed by atoms with van der Waals surface area (Å²) in [6, 6.07) is 16.5. The number of nitrogens with one attached hydrogen (secondary N) is 2. The number of hydrogen-bond donors (Lipinski definition) is 2. The van der Waals surface area contributed by atoms with Crippen LogP contribution in [0.4, 0.5) is 0 Å². The van der Waals surface area contributed by atoms with E-state index in [1.165, 1.54) is 11.1 Å². The Morgan fingerprint density at radius 1 is 1.08 bits per heavy atom. The minimum Gasteiger partial charge on any atom is -0.496 e. The molecule has 2 N–H and O–H groups in total. The molecule has 140 valence electrons. The highest BCUT2D eigenvalue weighted by atomic mass is 16.5. The van der Waals surface area contributed by atoms with Crippen LogP contribution >= 0.6 is 0 Å². The monoisotopic (exact) mass is 354 g/mol. The van der Waals surface area contributed by atoms with Crippen molar-refractivity contribution in [2.45, 2.75) is 39.8 Å². The number of carbonyl (C=O) groups is 1. The van der Waals surface area contributed by atoms with Crippen LogP contribution in [0.5, 0.6) is 5.75 Å². The van der Waals surface area contributed by atoms with Gasteiger partial charge in [0, 0.05) is 18.2 Å². The fraction of sp³-hybridized carbons (Fsp3) is 0.409. The molecule has 2 rings (SSSR count). The zero-order valence-electron chi connectivity index (χ0n) is 16.2. The molecule has 0 unspecified atom stereocenters. The zero-order chi connectivity index (χ0) is 18.9. The van der Waals surface area contributed by atoms with E-state index in [0.717, 1.165) is 17.7 Å². The van der Waals surface area contributed by atoms with Gasteiger partial charge in [-0.2, -0.15) is 0 Å². The average molecular weight is 354 g/mol. The quantitative estimate of drug-likeness (QED) is 0.719. The van der Waals surface area contributed by atoms with E-state index in [0.29, 0.717) is 12.5 Å². The summed E-state index contributed by atoms with van der Waals surface area (Å²) in [6.07, 6.45) is 1.03. The van der Waals surface area contributed by atoms with Crippen molar-refractivity contribution in [1.29, 1.82) is 0 Å². The van der Waals surface area contributed by atoms with Gasteiger partial charge in [-0.3, -0.25) is 4.79 Å². The molecule has 0 aliphatic heterocycles. The number of amides is 1. The molecule has 0 bridgehead atoms. The van der Waals surface area contributed by atoms with Gasteiger partial charge < -0.3 is 15.4 Å². The Balaban J connectivity index is 1.90. The van der Waals surface area contributed by atoms with Gasteiger partial charge in [-0.05, 0) is 29.5 Å². The minimum absolute atomic E-state index is 0.0215. The smallest absolute Gasteiger partial charge is 0.234 e. The molecular formula is C22H30N2O2. The first-order valence-corrected chi connectivity index (χ1v) is 9.26. The van der Waals surface area contributed by atoms with E-state index in [2.05, 4.69) is 55.7 Å². The third kappa shape index (κ3) is 5.60. The Hall–Kier alpha value is -2.33. The molecular weight excluding hydrogens is 324 g/mol. The third-order valence-corrected chi connectivity index (χ3v) is 4.56. The molecule has 4 nitrogen and oxygen atoms in total. The first-order valence-electron chi connectivity index (χ1n) is 9.26. The second-order valence-corrected chi connectivity index (χ2v) is 6.79. The lowest BCUT2D eigenvalue weighted by Gasteiger charge is -2.23. The summed E-state index contributed by atoms with van der Waals surface area (Å²) in [4.78, 5) is 12.3. The van der Waals surface area contributed by atoms with Gasteiger partial charge in [-0.1, -0.05) is 63.2 Å². The van der Waals surface area contributed by atoms with Crippen LogP contribution in [0.25, 0.3) is 0 Å². The molecule has 26 heavy (non-hydrogen) atoms. The molecule has 0 spiro atoms. The molecule has 0 aliphatic carbocycles. The van der Waals surface area contributed by atoms with Crippen molar-refractivity contribution >= 4 is 5.91 Å². The number of carbonyl (C=O) groups excluding carboxylic acids is 1. The van der Waals surface area contributed by atoms with E-state index in [4.69, 9.17) is 4.74 Å². The molecule has 4 heteroatoms. The minimum atomic E-state index is -0.0215. The molecule has 0 saturated carbocycles. The topological polar surface area (TPSA) is 50.4 Å². The summed E-state index contributed by atoms with van der Waals surface area (Å²) in [5.41, 5.74) is 3.51. The number of aryl methyl sites for hydroxylation is 1. The van der Waals surface area contributed by atoms with Gasteiger partial charge in [0.2, 0.25) is 5.91 Å².